The molecule has 0 spiro atoms. The van der Waals surface area contributed by atoms with Crippen molar-refractivity contribution in [2.24, 2.45) is 5.92 Å². The van der Waals surface area contributed by atoms with Crippen LogP contribution in [0.3, 0.4) is 0 Å². The number of fused-ring (bicyclic) bond motifs is 1. The highest BCUT2D eigenvalue weighted by Gasteiger charge is 2.33. The van der Waals surface area contributed by atoms with E-state index < -0.39 is 0 Å². The Bertz CT molecular complexity index is 1120. The molecule has 6 heteroatoms. The summed E-state index contributed by atoms with van der Waals surface area (Å²) >= 11 is 6.21. The average molecular weight is 425 g/mol. The van der Waals surface area contributed by atoms with Crippen molar-refractivity contribution in [2.75, 3.05) is 25.1 Å². The van der Waals surface area contributed by atoms with E-state index in [0.717, 1.165) is 53.6 Å². The highest BCUT2D eigenvalue weighted by molar-refractivity contribution is 6.32. The molecule has 3 aromatic rings. The number of pyridine rings is 1. The Kier molecular flexibility index (Phi) is 5.56. The zero-order valence-electron chi connectivity index (χ0n) is 17.4. The molecule has 5 nitrogen and oxygen atoms in total. The van der Waals surface area contributed by atoms with Gasteiger partial charge in [-0.25, -0.2) is 0 Å². The molecule has 30 heavy (non-hydrogen) atoms. The van der Waals surface area contributed by atoms with Crippen molar-refractivity contribution >= 4 is 34.0 Å². The standard InChI is InChI=1S/C24H25ClN2O3/c1-4-27(5-2)22-17-10-15(16-11-19(25)24(29)21(12-16)30-3)8-9-20(17)26-13-18(22)23(28)14-6-7-14/h8-14,29H,4-7H2,1-3H3. The molecule has 1 N–H and O–H groups in total. The molecule has 0 bridgehead atoms. The Labute approximate surface area is 181 Å². The third-order valence-corrected chi connectivity index (χ3v) is 6.00. The molecule has 0 radical (unpaired) electrons. The number of phenolic OH excluding ortho intramolecular Hbond substituents is 1. The van der Waals surface area contributed by atoms with Crippen molar-refractivity contribution < 1.29 is 14.6 Å². The fourth-order valence-corrected chi connectivity index (χ4v) is 4.09. The molecule has 4 rings (SSSR count). The predicted molar refractivity (Wildman–Crippen MR) is 121 cm³/mol. The molecule has 0 unspecified atom stereocenters. The van der Waals surface area contributed by atoms with Crippen molar-refractivity contribution in [3.63, 3.8) is 0 Å². The Morgan fingerprint density at radius 1 is 1.20 bits per heavy atom. The van der Waals surface area contributed by atoms with Gasteiger partial charge in [0.15, 0.2) is 17.3 Å². The number of ketones is 1. The zero-order chi connectivity index (χ0) is 21.4. The fraction of sp³-hybridized carbons (Fsp3) is 0.333. The molecule has 0 amide bonds. The van der Waals surface area contributed by atoms with Crippen LogP contribution in [0.2, 0.25) is 5.02 Å². The molecule has 1 aliphatic rings. The van der Waals surface area contributed by atoms with E-state index >= 15 is 0 Å². The highest BCUT2D eigenvalue weighted by Crippen LogP contribution is 2.41. The number of ether oxygens (including phenoxy) is 1. The number of methoxy groups -OCH3 is 1. The maximum absolute atomic E-state index is 13.0. The number of hydrogen-bond donors (Lipinski definition) is 1. The number of rotatable bonds is 7. The third kappa shape index (κ3) is 3.58. The minimum atomic E-state index is -0.0773. The number of halogens is 1. The van der Waals surface area contributed by atoms with E-state index in [1.165, 1.54) is 7.11 Å². The Balaban J connectivity index is 1.94. The summed E-state index contributed by atoms with van der Waals surface area (Å²) in [6, 6.07) is 9.43. The van der Waals surface area contributed by atoms with Crippen molar-refractivity contribution in [1.29, 1.82) is 0 Å². The summed E-state index contributed by atoms with van der Waals surface area (Å²) in [5, 5.41) is 11.2. The van der Waals surface area contributed by atoms with Gasteiger partial charge in [-0.05, 0) is 62.1 Å². The third-order valence-electron chi connectivity index (χ3n) is 5.71. The summed E-state index contributed by atoms with van der Waals surface area (Å²) in [5.74, 6) is 0.553. The van der Waals surface area contributed by atoms with E-state index in [2.05, 4.69) is 23.7 Å². The van der Waals surface area contributed by atoms with Gasteiger partial charge in [-0.2, -0.15) is 0 Å². The molecule has 0 atom stereocenters. The molecule has 1 heterocycles. The molecular weight excluding hydrogens is 400 g/mol. The molecule has 1 aromatic heterocycles. The van der Waals surface area contributed by atoms with Crippen LogP contribution in [0.4, 0.5) is 5.69 Å². The summed E-state index contributed by atoms with van der Waals surface area (Å²) in [6.45, 7) is 5.78. The number of nitrogens with zero attached hydrogens (tertiary/aromatic N) is 2. The maximum Gasteiger partial charge on any atom is 0.176 e. The smallest absolute Gasteiger partial charge is 0.176 e. The van der Waals surface area contributed by atoms with Crippen LogP contribution in [0.1, 0.15) is 37.0 Å². The van der Waals surface area contributed by atoms with Crippen LogP contribution >= 0.6 is 11.6 Å². The van der Waals surface area contributed by atoms with E-state index in [1.54, 1.807) is 18.3 Å². The van der Waals surface area contributed by atoms with Crippen LogP contribution in [-0.2, 0) is 0 Å². The second-order valence-corrected chi connectivity index (χ2v) is 7.98. The van der Waals surface area contributed by atoms with Gasteiger partial charge in [0.25, 0.3) is 0 Å². The van der Waals surface area contributed by atoms with E-state index in [1.807, 2.05) is 18.2 Å². The fourth-order valence-electron chi connectivity index (χ4n) is 3.88. The first kappa shape index (κ1) is 20.5. The number of aromatic nitrogens is 1. The molecular formula is C24H25ClN2O3. The van der Waals surface area contributed by atoms with Gasteiger partial charge >= 0.3 is 0 Å². The van der Waals surface area contributed by atoms with E-state index in [4.69, 9.17) is 16.3 Å². The lowest BCUT2D eigenvalue weighted by Gasteiger charge is -2.25. The Morgan fingerprint density at radius 3 is 2.57 bits per heavy atom. The number of anilines is 1. The lowest BCUT2D eigenvalue weighted by molar-refractivity contribution is 0.0968. The van der Waals surface area contributed by atoms with Gasteiger partial charge in [0.2, 0.25) is 0 Å². The van der Waals surface area contributed by atoms with Crippen molar-refractivity contribution in [2.45, 2.75) is 26.7 Å². The minimum absolute atomic E-state index is 0.0773. The SMILES string of the molecule is CCN(CC)c1c(C(=O)C2CC2)cnc2ccc(-c3cc(Cl)c(O)c(OC)c3)cc12. The highest BCUT2D eigenvalue weighted by atomic mass is 35.5. The van der Waals surface area contributed by atoms with Gasteiger partial charge in [0.1, 0.15) is 0 Å². The van der Waals surface area contributed by atoms with Crippen molar-refractivity contribution in [3.05, 3.63) is 47.1 Å². The van der Waals surface area contributed by atoms with Crippen molar-refractivity contribution in [3.8, 4) is 22.6 Å². The van der Waals surface area contributed by atoms with Crippen LogP contribution in [0.15, 0.2) is 36.5 Å². The number of carbonyl (C=O) groups is 1. The summed E-state index contributed by atoms with van der Waals surface area (Å²) < 4.78 is 5.26. The van der Waals surface area contributed by atoms with Crippen LogP contribution in [-0.4, -0.2) is 36.1 Å². The van der Waals surface area contributed by atoms with Gasteiger partial charge in [-0.3, -0.25) is 9.78 Å². The molecule has 1 aliphatic carbocycles. The molecule has 2 aromatic carbocycles. The molecule has 1 fully saturated rings. The van der Waals surface area contributed by atoms with Gasteiger partial charge in [-0.15, -0.1) is 0 Å². The van der Waals surface area contributed by atoms with Crippen LogP contribution in [0, 0.1) is 5.92 Å². The van der Waals surface area contributed by atoms with E-state index in [9.17, 15) is 9.90 Å². The van der Waals surface area contributed by atoms with Crippen LogP contribution in [0.5, 0.6) is 11.5 Å². The number of aromatic hydroxyl groups is 1. The second kappa shape index (κ2) is 8.15. The zero-order valence-corrected chi connectivity index (χ0v) is 18.2. The first-order valence-corrected chi connectivity index (χ1v) is 10.6. The summed E-state index contributed by atoms with van der Waals surface area (Å²) in [5.41, 5.74) is 4.22. The van der Waals surface area contributed by atoms with Crippen LogP contribution < -0.4 is 9.64 Å². The quantitative estimate of drug-likeness (QED) is 0.492. The minimum Gasteiger partial charge on any atom is -0.503 e. The number of phenols is 1. The number of hydrogen-bond acceptors (Lipinski definition) is 5. The largest absolute Gasteiger partial charge is 0.503 e. The van der Waals surface area contributed by atoms with Gasteiger partial charge < -0.3 is 14.7 Å². The first-order chi connectivity index (χ1) is 14.5. The topological polar surface area (TPSA) is 62.7 Å². The molecule has 0 aliphatic heterocycles. The van der Waals surface area contributed by atoms with Crippen LogP contribution in [0.25, 0.3) is 22.0 Å². The normalized spacial score (nSPS) is 13.5. The first-order valence-electron chi connectivity index (χ1n) is 10.3. The van der Waals surface area contributed by atoms with E-state index in [-0.39, 0.29) is 22.5 Å². The Morgan fingerprint density at radius 2 is 1.93 bits per heavy atom. The van der Waals surface area contributed by atoms with E-state index in [0.29, 0.717) is 11.3 Å². The number of Topliss-reactive ketones (excluding diaryl/α,β-unsaturated/α-hetero) is 1. The molecule has 1 saturated carbocycles. The Hall–Kier alpha value is -2.79. The lowest BCUT2D eigenvalue weighted by atomic mass is 9.98. The van der Waals surface area contributed by atoms with Crippen molar-refractivity contribution in [1.82, 2.24) is 4.98 Å². The van der Waals surface area contributed by atoms with Gasteiger partial charge in [0, 0.05) is 30.6 Å². The molecule has 0 saturated heterocycles. The lowest BCUT2D eigenvalue weighted by Crippen LogP contribution is -2.25. The second-order valence-electron chi connectivity index (χ2n) is 7.57. The summed E-state index contributed by atoms with van der Waals surface area (Å²) in [7, 11) is 1.49. The summed E-state index contributed by atoms with van der Waals surface area (Å²) in [4.78, 5) is 19.8. The number of carbonyl (C=O) groups excluding carboxylic acids is 1. The monoisotopic (exact) mass is 424 g/mol. The molecule has 156 valence electrons. The van der Waals surface area contributed by atoms with Gasteiger partial charge in [-0.1, -0.05) is 17.7 Å². The predicted octanol–water partition coefficient (Wildman–Crippen LogP) is 5.71. The number of benzene rings is 2. The van der Waals surface area contributed by atoms with Gasteiger partial charge in [0.05, 0.1) is 28.9 Å². The summed E-state index contributed by atoms with van der Waals surface area (Å²) in [6.07, 6.45) is 3.65. The average Bonchev–Trinajstić information content (AvgIpc) is 3.61. The maximum atomic E-state index is 13.0.